The topological polar surface area (TPSA) is 92.4 Å². The van der Waals surface area contributed by atoms with Gasteiger partial charge in [-0.3, -0.25) is 4.79 Å². The summed E-state index contributed by atoms with van der Waals surface area (Å²) in [5.74, 6) is -2.29. The minimum Gasteiger partial charge on any atom is -0.480 e. The molecule has 6 nitrogen and oxygen atoms in total. The van der Waals surface area contributed by atoms with Crippen LogP contribution in [0.2, 0.25) is 0 Å². The van der Waals surface area contributed by atoms with Crippen molar-refractivity contribution in [1.82, 2.24) is 10.5 Å². The molecule has 0 radical (unpaired) electrons. The normalized spacial score (nSPS) is 12.5. The van der Waals surface area contributed by atoms with Gasteiger partial charge >= 0.3 is 5.97 Å². The molecule has 1 unspecified atom stereocenters. The van der Waals surface area contributed by atoms with Crippen LogP contribution >= 0.6 is 0 Å². The van der Waals surface area contributed by atoms with E-state index in [9.17, 15) is 14.0 Å². The lowest BCUT2D eigenvalue weighted by atomic mass is 10.1. The van der Waals surface area contributed by atoms with Crippen molar-refractivity contribution >= 4 is 11.9 Å². The molecule has 1 aromatic heterocycles. The van der Waals surface area contributed by atoms with Gasteiger partial charge in [0.25, 0.3) is 5.91 Å². The Morgan fingerprint density at radius 2 is 2.24 bits per heavy atom. The maximum Gasteiger partial charge on any atom is 0.328 e. The van der Waals surface area contributed by atoms with Gasteiger partial charge < -0.3 is 14.9 Å². The van der Waals surface area contributed by atoms with E-state index >= 15 is 0 Å². The van der Waals surface area contributed by atoms with Gasteiger partial charge in [0.2, 0.25) is 5.76 Å². The van der Waals surface area contributed by atoms with Crippen molar-refractivity contribution in [2.24, 2.45) is 0 Å². The highest BCUT2D eigenvalue weighted by atomic mass is 19.1. The lowest BCUT2D eigenvalue weighted by Crippen LogP contribution is -2.42. The van der Waals surface area contributed by atoms with E-state index in [4.69, 9.17) is 9.63 Å². The number of nitrogens with zero attached hydrogens (tertiary/aromatic N) is 1. The Labute approximate surface area is 96.8 Å². The van der Waals surface area contributed by atoms with Gasteiger partial charge in [-0.1, -0.05) is 19.0 Å². The highest BCUT2D eigenvalue weighted by Crippen LogP contribution is 2.13. The first kappa shape index (κ1) is 13.1. The van der Waals surface area contributed by atoms with E-state index in [-0.39, 0.29) is 11.7 Å². The van der Waals surface area contributed by atoms with Gasteiger partial charge in [-0.05, 0) is 5.92 Å². The molecular weight excluding hydrogens is 231 g/mol. The van der Waals surface area contributed by atoms with Gasteiger partial charge in [-0.2, -0.15) is 0 Å². The maximum atomic E-state index is 12.3. The van der Waals surface area contributed by atoms with Crippen molar-refractivity contribution in [3.05, 3.63) is 17.5 Å². The number of aliphatic carboxylic acids is 1. The van der Waals surface area contributed by atoms with Crippen LogP contribution in [-0.4, -0.2) is 34.9 Å². The maximum absolute atomic E-state index is 12.3. The molecule has 0 bridgehead atoms. The van der Waals surface area contributed by atoms with Crippen LogP contribution in [0.1, 0.15) is 36.0 Å². The summed E-state index contributed by atoms with van der Waals surface area (Å²) in [4.78, 5) is 22.0. The average Bonchev–Trinajstić information content (AvgIpc) is 2.74. The number of halogens is 1. The van der Waals surface area contributed by atoms with E-state index in [1.807, 2.05) is 19.2 Å². The van der Waals surface area contributed by atoms with E-state index in [1.54, 1.807) is 0 Å². The third kappa shape index (κ3) is 3.27. The van der Waals surface area contributed by atoms with E-state index in [0.717, 1.165) is 0 Å². The molecule has 0 aliphatic carbocycles. The van der Waals surface area contributed by atoms with E-state index in [1.165, 1.54) is 6.07 Å². The summed E-state index contributed by atoms with van der Waals surface area (Å²) < 4.78 is 17.0. The summed E-state index contributed by atoms with van der Waals surface area (Å²) in [6.45, 7) is 2.54. The third-order valence-corrected chi connectivity index (χ3v) is 2.10. The van der Waals surface area contributed by atoms with Crippen LogP contribution in [0, 0.1) is 0 Å². The summed E-state index contributed by atoms with van der Waals surface area (Å²) in [5, 5.41) is 14.2. The fourth-order valence-corrected chi connectivity index (χ4v) is 1.06. The lowest BCUT2D eigenvalue weighted by Gasteiger charge is -2.08. The Bertz CT molecular complexity index is 416. The first-order chi connectivity index (χ1) is 7.95. The molecule has 2 N–H and O–H groups in total. The second-order valence-electron chi connectivity index (χ2n) is 3.79. The van der Waals surface area contributed by atoms with Crippen LogP contribution in [0.5, 0.6) is 0 Å². The van der Waals surface area contributed by atoms with Crippen LogP contribution in [0.15, 0.2) is 10.6 Å². The molecule has 1 amide bonds. The molecule has 1 atom stereocenters. The van der Waals surface area contributed by atoms with Gasteiger partial charge in [-0.15, -0.1) is 0 Å². The van der Waals surface area contributed by atoms with Crippen LogP contribution in [0.3, 0.4) is 0 Å². The zero-order valence-electron chi connectivity index (χ0n) is 9.44. The highest BCUT2D eigenvalue weighted by Gasteiger charge is 2.23. The largest absolute Gasteiger partial charge is 0.480 e. The number of carboxylic acids is 1. The zero-order chi connectivity index (χ0) is 13.0. The molecule has 7 heteroatoms. The van der Waals surface area contributed by atoms with Crippen molar-refractivity contribution < 1.29 is 23.6 Å². The Hall–Kier alpha value is -1.92. The van der Waals surface area contributed by atoms with Crippen molar-refractivity contribution in [3.8, 4) is 0 Å². The van der Waals surface area contributed by atoms with Crippen molar-refractivity contribution in [1.29, 1.82) is 0 Å². The predicted octanol–water partition coefficient (Wildman–Crippen LogP) is 0.951. The quantitative estimate of drug-likeness (QED) is 0.804. The molecule has 94 valence electrons. The summed E-state index contributed by atoms with van der Waals surface area (Å²) >= 11 is 0. The number of rotatable bonds is 5. The number of alkyl halides is 1. The smallest absolute Gasteiger partial charge is 0.328 e. The van der Waals surface area contributed by atoms with E-state index in [0.29, 0.717) is 5.69 Å². The number of hydrogen-bond donors (Lipinski definition) is 2. The predicted molar refractivity (Wildman–Crippen MR) is 55.5 cm³/mol. The van der Waals surface area contributed by atoms with E-state index < -0.39 is 24.6 Å². The summed E-state index contributed by atoms with van der Waals surface area (Å²) in [7, 11) is 0. The molecule has 0 aromatic carbocycles. The van der Waals surface area contributed by atoms with Crippen LogP contribution in [0.25, 0.3) is 0 Å². The molecule has 0 aliphatic heterocycles. The van der Waals surface area contributed by atoms with Gasteiger partial charge in [0.1, 0.15) is 6.67 Å². The molecule has 0 spiro atoms. The van der Waals surface area contributed by atoms with Crippen molar-refractivity contribution in [3.63, 3.8) is 0 Å². The van der Waals surface area contributed by atoms with Crippen LogP contribution in [0.4, 0.5) is 4.39 Å². The third-order valence-electron chi connectivity index (χ3n) is 2.10. The van der Waals surface area contributed by atoms with Crippen LogP contribution in [-0.2, 0) is 4.79 Å². The summed E-state index contributed by atoms with van der Waals surface area (Å²) in [5.41, 5.74) is 0.572. The summed E-state index contributed by atoms with van der Waals surface area (Å²) in [6.07, 6.45) is 0. The fraction of sp³-hybridized carbons (Fsp3) is 0.500. The number of carboxylic acid groups (broad SMARTS) is 1. The number of aromatic nitrogens is 1. The Morgan fingerprint density at radius 3 is 2.65 bits per heavy atom. The molecule has 0 aliphatic rings. The lowest BCUT2D eigenvalue weighted by molar-refractivity contribution is -0.139. The van der Waals surface area contributed by atoms with Gasteiger partial charge in [0, 0.05) is 6.07 Å². The fourth-order valence-electron chi connectivity index (χ4n) is 1.06. The minimum atomic E-state index is -1.57. The molecule has 1 heterocycles. The van der Waals surface area contributed by atoms with Crippen molar-refractivity contribution in [2.45, 2.75) is 25.8 Å². The monoisotopic (exact) mass is 244 g/mol. The average molecular weight is 244 g/mol. The number of carbonyl (C=O) groups is 2. The Balaban J connectivity index is 2.72. The number of amides is 1. The molecule has 17 heavy (non-hydrogen) atoms. The van der Waals surface area contributed by atoms with Gasteiger partial charge in [-0.25, -0.2) is 9.18 Å². The number of hydrogen-bond acceptors (Lipinski definition) is 4. The molecule has 1 aromatic rings. The molecule has 0 saturated heterocycles. The zero-order valence-corrected chi connectivity index (χ0v) is 9.44. The molecule has 1 rings (SSSR count). The van der Waals surface area contributed by atoms with Gasteiger partial charge in [0.05, 0.1) is 5.69 Å². The number of carbonyl (C=O) groups excluding carboxylic acids is 1. The van der Waals surface area contributed by atoms with Gasteiger partial charge in [0.15, 0.2) is 6.04 Å². The highest BCUT2D eigenvalue weighted by molar-refractivity contribution is 5.94. The Morgan fingerprint density at radius 1 is 1.59 bits per heavy atom. The number of nitrogens with one attached hydrogen (secondary N) is 1. The minimum absolute atomic E-state index is 0.0803. The van der Waals surface area contributed by atoms with Crippen LogP contribution < -0.4 is 5.32 Å². The second-order valence-corrected chi connectivity index (χ2v) is 3.79. The molecule has 0 fully saturated rings. The Kier molecular flexibility index (Phi) is 4.19. The molecular formula is C10H13FN2O4. The molecule has 0 saturated carbocycles. The SMILES string of the molecule is CC(C)c1cc(C(=O)NC(CF)C(=O)O)on1. The van der Waals surface area contributed by atoms with Crippen molar-refractivity contribution in [2.75, 3.05) is 6.67 Å². The standard InChI is InChI=1S/C10H13FN2O4/c1-5(2)6-3-8(17-13-6)9(14)12-7(4-11)10(15)16/h3,5,7H,4H2,1-2H3,(H,12,14)(H,15,16). The first-order valence-corrected chi connectivity index (χ1v) is 5.02. The van der Waals surface area contributed by atoms with E-state index in [2.05, 4.69) is 5.16 Å². The summed E-state index contributed by atoms with van der Waals surface area (Å²) in [6, 6.07) is -0.174. The second kappa shape index (κ2) is 5.42. The first-order valence-electron chi connectivity index (χ1n) is 5.02.